The van der Waals surface area contributed by atoms with E-state index in [1.54, 1.807) is 0 Å². The van der Waals surface area contributed by atoms with Gasteiger partial charge in [0, 0.05) is 53.7 Å². The van der Waals surface area contributed by atoms with Crippen molar-refractivity contribution < 1.29 is 0 Å². The Morgan fingerprint density at radius 3 is 1.80 bits per heavy atom. The molecule has 3 heteroatoms. The van der Waals surface area contributed by atoms with Gasteiger partial charge in [0.2, 0.25) is 0 Å². The summed E-state index contributed by atoms with van der Waals surface area (Å²) < 4.78 is 5.00. The molecule has 0 fully saturated rings. The molecule has 10 aromatic carbocycles. The standard InChI is InChI=1S/C56H36N2S/c1-3-13-37(14-4-1)42-32-43(41-24-23-38-15-7-8-17-40(38)31-41)34-47(33-42)57(45-27-30-54-51(35-45)56-48-20-10-9-16-39(48)25-29-55(56)59-54)46-26-28-50-49-21-11-12-22-52(49)58(53(50)36-46)44-18-5-2-6-19-44/h1-36H. The second kappa shape index (κ2) is 13.6. The number of hydrogen-bond acceptors (Lipinski definition) is 2. The SMILES string of the molecule is c1ccc(-c2cc(-c3ccc4ccccc4c3)cc(N(c3ccc4sc5ccc6ccccc6c5c4c3)c3ccc4c5ccccc5n(-c5ccccc5)c4c3)c2)cc1. The zero-order chi connectivity index (χ0) is 38.9. The fraction of sp³-hybridized carbons (Fsp3) is 0. The molecule has 0 radical (unpaired) electrons. The molecule has 0 aliphatic heterocycles. The van der Waals surface area contributed by atoms with Gasteiger partial charge >= 0.3 is 0 Å². The molecule has 0 spiro atoms. The Kier molecular flexibility index (Phi) is 7.75. The molecule has 0 aliphatic carbocycles. The smallest absolute Gasteiger partial charge is 0.0561 e. The molecule has 0 N–H and O–H groups in total. The molecule has 0 bridgehead atoms. The van der Waals surface area contributed by atoms with Crippen molar-refractivity contribution in [1.29, 1.82) is 0 Å². The van der Waals surface area contributed by atoms with E-state index < -0.39 is 0 Å². The average molecular weight is 769 g/mol. The van der Waals surface area contributed by atoms with Crippen LogP contribution in [-0.2, 0) is 0 Å². The second-order valence-corrected chi connectivity index (χ2v) is 16.4. The van der Waals surface area contributed by atoms with Gasteiger partial charge in [-0.15, -0.1) is 11.3 Å². The predicted octanol–water partition coefficient (Wildman–Crippen LogP) is 16.3. The lowest BCUT2D eigenvalue weighted by Crippen LogP contribution is -2.10. The number of rotatable bonds is 6. The molecule has 0 amide bonds. The van der Waals surface area contributed by atoms with Gasteiger partial charge in [-0.25, -0.2) is 0 Å². The van der Waals surface area contributed by atoms with Crippen molar-refractivity contribution >= 4 is 91.9 Å². The third-order valence-corrected chi connectivity index (χ3v) is 13.0. The first-order valence-electron chi connectivity index (χ1n) is 20.2. The maximum Gasteiger partial charge on any atom is 0.0561 e. The summed E-state index contributed by atoms with van der Waals surface area (Å²) in [5.74, 6) is 0. The summed E-state index contributed by atoms with van der Waals surface area (Å²) >= 11 is 1.87. The normalized spacial score (nSPS) is 11.7. The lowest BCUT2D eigenvalue weighted by atomic mass is 9.95. The van der Waals surface area contributed by atoms with E-state index >= 15 is 0 Å². The minimum Gasteiger partial charge on any atom is -0.310 e. The van der Waals surface area contributed by atoms with Gasteiger partial charge < -0.3 is 9.47 Å². The molecule has 12 aromatic rings. The summed E-state index contributed by atoms with van der Waals surface area (Å²) in [5.41, 5.74) is 11.5. The Bertz CT molecular complexity index is 3560. The molecule has 0 atom stereocenters. The monoisotopic (exact) mass is 768 g/mol. The van der Waals surface area contributed by atoms with Crippen molar-refractivity contribution in [3.63, 3.8) is 0 Å². The highest BCUT2D eigenvalue weighted by atomic mass is 32.1. The van der Waals surface area contributed by atoms with Gasteiger partial charge in [0.25, 0.3) is 0 Å². The average Bonchev–Trinajstić information content (AvgIpc) is 3.85. The number of benzene rings is 10. The topological polar surface area (TPSA) is 8.17 Å². The van der Waals surface area contributed by atoms with Crippen LogP contribution < -0.4 is 4.90 Å². The summed E-state index contributed by atoms with van der Waals surface area (Å²) in [7, 11) is 0. The van der Waals surface area contributed by atoms with Crippen molar-refractivity contribution in [2.45, 2.75) is 0 Å². The number of anilines is 3. The van der Waals surface area contributed by atoms with Gasteiger partial charge in [-0.1, -0.05) is 140 Å². The highest BCUT2D eigenvalue weighted by Gasteiger charge is 2.21. The third kappa shape index (κ3) is 5.62. The minimum absolute atomic E-state index is 1.09. The van der Waals surface area contributed by atoms with Crippen molar-refractivity contribution in [2.24, 2.45) is 0 Å². The van der Waals surface area contributed by atoms with E-state index in [1.807, 2.05) is 11.3 Å². The molecular weight excluding hydrogens is 733 g/mol. The fourth-order valence-corrected chi connectivity index (χ4v) is 10.2. The van der Waals surface area contributed by atoms with E-state index in [-0.39, 0.29) is 0 Å². The van der Waals surface area contributed by atoms with E-state index in [2.05, 4.69) is 228 Å². The van der Waals surface area contributed by atoms with E-state index in [1.165, 1.54) is 85.8 Å². The largest absolute Gasteiger partial charge is 0.310 e. The summed E-state index contributed by atoms with van der Waals surface area (Å²) in [4.78, 5) is 2.47. The first-order chi connectivity index (χ1) is 29.2. The van der Waals surface area contributed by atoms with E-state index in [0.29, 0.717) is 0 Å². The van der Waals surface area contributed by atoms with Gasteiger partial charge in [0.05, 0.1) is 11.0 Å². The zero-order valence-electron chi connectivity index (χ0n) is 32.1. The number of fused-ring (bicyclic) bond motifs is 9. The molecule has 2 nitrogen and oxygen atoms in total. The summed E-state index contributed by atoms with van der Waals surface area (Å²) in [6.45, 7) is 0. The van der Waals surface area contributed by atoms with E-state index in [0.717, 1.165) is 22.7 Å². The molecule has 276 valence electrons. The highest BCUT2D eigenvalue weighted by molar-refractivity contribution is 7.26. The molecule has 0 unspecified atom stereocenters. The Balaban J connectivity index is 1.15. The summed E-state index contributed by atoms with van der Waals surface area (Å²) in [6, 6.07) is 80.2. The van der Waals surface area contributed by atoms with Crippen LogP contribution >= 0.6 is 11.3 Å². The Morgan fingerprint density at radius 2 is 0.949 bits per heavy atom. The van der Waals surface area contributed by atoms with E-state index in [9.17, 15) is 0 Å². The minimum atomic E-state index is 1.09. The van der Waals surface area contributed by atoms with Crippen LogP contribution in [0.15, 0.2) is 218 Å². The van der Waals surface area contributed by atoms with Gasteiger partial charge in [0.1, 0.15) is 0 Å². The van der Waals surface area contributed by atoms with Crippen LogP contribution in [0.5, 0.6) is 0 Å². The lowest BCUT2D eigenvalue weighted by molar-refractivity contribution is 1.18. The first-order valence-corrected chi connectivity index (χ1v) is 21.0. The highest BCUT2D eigenvalue weighted by Crippen LogP contribution is 2.46. The van der Waals surface area contributed by atoms with Crippen LogP contribution in [-0.4, -0.2) is 4.57 Å². The Hall–Kier alpha value is -7.46. The summed E-state index contributed by atoms with van der Waals surface area (Å²) in [6.07, 6.45) is 0. The van der Waals surface area contributed by atoms with Gasteiger partial charge in [-0.3, -0.25) is 0 Å². The molecule has 12 rings (SSSR count). The predicted molar refractivity (Wildman–Crippen MR) is 254 cm³/mol. The Morgan fingerprint density at radius 1 is 0.322 bits per heavy atom. The molecule has 2 heterocycles. The van der Waals surface area contributed by atoms with Crippen LogP contribution in [0, 0.1) is 0 Å². The maximum atomic E-state index is 2.47. The number of aromatic nitrogens is 1. The first kappa shape index (κ1) is 33.7. The fourth-order valence-electron chi connectivity index (χ4n) is 9.15. The van der Waals surface area contributed by atoms with Crippen LogP contribution in [0.4, 0.5) is 17.1 Å². The quantitative estimate of drug-likeness (QED) is 0.164. The number of hydrogen-bond donors (Lipinski definition) is 0. The van der Waals surface area contributed by atoms with E-state index in [4.69, 9.17) is 0 Å². The van der Waals surface area contributed by atoms with Gasteiger partial charge in [-0.05, 0) is 123 Å². The van der Waals surface area contributed by atoms with Crippen LogP contribution in [0.25, 0.3) is 91.5 Å². The van der Waals surface area contributed by atoms with Crippen molar-refractivity contribution in [1.82, 2.24) is 4.57 Å². The molecule has 0 saturated heterocycles. The third-order valence-electron chi connectivity index (χ3n) is 11.9. The van der Waals surface area contributed by atoms with Crippen molar-refractivity contribution in [2.75, 3.05) is 4.90 Å². The molecular formula is C56H36N2S. The molecule has 59 heavy (non-hydrogen) atoms. The van der Waals surface area contributed by atoms with Crippen molar-refractivity contribution in [3.05, 3.63) is 218 Å². The van der Waals surface area contributed by atoms with Gasteiger partial charge in [0.15, 0.2) is 0 Å². The zero-order valence-corrected chi connectivity index (χ0v) is 32.9. The van der Waals surface area contributed by atoms with Crippen LogP contribution in [0.1, 0.15) is 0 Å². The summed E-state index contributed by atoms with van der Waals surface area (Å²) in [5, 5.41) is 10.1. The molecule has 0 aliphatic rings. The lowest BCUT2D eigenvalue weighted by Gasteiger charge is -2.27. The Labute approximate surface area is 346 Å². The van der Waals surface area contributed by atoms with Gasteiger partial charge in [-0.2, -0.15) is 0 Å². The van der Waals surface area contributed by atoms with Crippen LogP contribution in [0.3, 0.4) is 0 Å². The molecule has 0 saturated carbocycles. The number of para-hydroxylation sites is 2. The number of nitrogens with zero attached hydrogens (tertiary/aromatic N) is 2. The second-order valence-electron chi connectivity index (χ2n) is 15.4. The maximum absolute atomic E-state index is 2.47. The van der Waals surface area contributed by atoms with Crippen molar-refractivity contribution in [3.8, 4) is 27.9 Å². The number of thiophene rings is 1. The molecule has 2 aromatic heterocycles. The van der Waals surface area contributed by atoms with Crippen LogP contribution in [0.2, 0.25) is 0 Å².